The molecule has 0 fully saturated rings. The Bertz CT molecular complexity index is 576. The maximum Gasteiger partial charge on any atom is 0.410 e. The van der Waals surface area contributed by atoms with Gasteiger partial charge in [0.2, 0.25) is 0 Å². The van der Waals surface area contributed by atoms with Crippen LogP contribution in [0.2, 0.25) is 0 Å². The molecule has 3 N–H and O–H groups in total. The smallest absolute Gasteiger partial charge is 0.410 e. The van der Waals surface area contributed by atoms with E-state index in [0.29, 0.717) is 26.2 Å². The zero-order valence-corrected chi connectivity index (χ0v) is 20.6. The summed E-state index contributed by atoms with van der Waals surface area (Å²) in [6.07, 6.45) is -1.48. The molecule has 0 heterocycles. The molecule has 0 spiro atoms. The first-order valence-electron chi connectivity index (χ1n) is 10.6. The van der Waals surface area contributed by atoms with Crippen molar-refractivity contribution in [3.8, 4) is 0 Å². The van der Waals surface area contributed by atoms with Gasteiger partial charge in [-0.15, -0.1) is 0 Å². The lowest BCUT2D eigenvalue weighted by Gasteiger charge is -2.28. The van der Waals surface area contributed by atoms with Crippen LogP contribution in [0.3, 0.4) is 0 Å². The first kappa shape index (κ1) is 28.8. The second-order valence-corrected chi connectivity index (χ2v) is 10.1. The Morgan fingerprint density at radius 2 is 1.03 bits per heavy atom. The molecule has 0 unspecified atom stereocenters. The van der Waals surface area contributed by atoms with Crippen molar-refractivity contribution in [3.63, 3.8) is 0 Å². The number of carbonyl (C=O) groups excluding carboxylic acids is 3. The number of hydrogen-bond donors (Lipinski definition) is 3. The molecule has 0 rings (SSSR count). The zero-order valence-electron chi connectivity index (χ0n) is 20.6. The normalized spacial score (nSPS) is 12.0. The molecule has 0 aromatic carbocycles. The minimum absolute atomic E-state index is 0.231. The highest BCUT2D eigenvalue weighted by Gasteiger charge is 2.22. The highest BCUT2D eigenvalue weighted by atomic mass is 16.6. The van der Waals surface area contributed by atoms with Gasteiger partial charge in [-0.05, 0) is 62.3 Å². The molecule has 10 nitrogen and oxygen atoms in total. The van der Waals surface area contributed by atoms with Gasteiger partial charge in [0.15, 0.2) is 0 Å². The SMILES string of the molecule is CC(C)(C)OC(=O)NCCNCCN(CCNC(=O)OC(C)(C)C)C(=O)OC(C)(C)C. The monoisotopic (exact) mass is 446 g/mol. The number of nitrogens with zero attached hydrogens (tertiary/aromatic N) is 1. The van der Waals surface area contributed by atoms with E-state index in [9.17, 15) is 14.4 Å². The minimum Gasteiger partial charge on any atom is -0.444 e. The predicted molar refractivity (Wildman–Crippen MR) is 119 cm³/mol. The molecule has 10 heteroatoms. The average molecular weight is 447 g/mol. The molecule has 182 valence electrons. The summed E-state index contributed by atoms with van der Waals surface area (Å²) in [4.78, 5) is 37.4. The van der Waals surface area contributed by atoms with E-state index in [0.717, 1.165) is 0 Å². The highest BCUT2D eigenvalue weighted by molar-refractivity contribution is 5.69. The molecule has 3 amide bonds. The number of hydrogen-bond acceptors (Lipinski definition) is 7. The summed E-state index contributed by atoms with van der Waals surface area (Å²) in [5.74, 6) is 0. The Labute approximate surface area is 186 Å². The third-order valence-corrected chi connectivity index (χ3v) is 3.23. The fourth-order valence-electron chi connectivity index (χ4n) is 2.13. The van der Waals surface area contributed by atoms with Gasteiger partial charge in [-0.1, -0.05) is 0 Å². The summed E-state index contributed by atoms with van der Waals surface area (Å²) in [7, 11) is 0. The molecule has 0 aliphatic rings. The third kappa shape index (κ3) is 18.3. The highest BCUT2D eigenvalue weighted by Crippen LogP contribution is 2.10. The van der Waals surface area contributed by atoms with Crippen LogP contribution in [0, 0.1) is 0 Å². The van der Waals surface area contributed by atoms with E-state index in [1.165, 1.54) is 4.90 Å². The standard InChI is InChI=1S/C21H42N4O6/c1-19(2,3)29-16(26)23-11-10-22-12-14-25(18(28)31-21(7,8)9)15-13-24-17(27)30-20(4,5)6/h22H,10-15H2,1-9H3,(H,23,26)(H,24,27). The van der Waals surface area contributed by atoms with E-state index in [4.69, 9.17) is 14.2 Å². The van der Waals surface area contributed by atoms with Crippen molar-refractivity contribution in [2.24, 2.45) is 0 Å². The lowest BCUT2D eigenvalue weighted by atomic mass is 10.2. The zero-order chi connectivity index (χ0) is 24.3. The quantitative estimate of drug-likeness (QED) is 0.368. The minimum atomic E-state index is -0.626. The van der Waals surface area contributed by atoms with E-state index in [2.05, 4.69) is 16.0 Å². The van der Waals surface area contributed by atoms with Crippen molar-refractivity contribution in [2.45, 2.75) is 79.1 Å². The summed E-state index contributed by atoms with van der Waals surface area (Å²) >= 11 is 0. The van der Waals surface area contributed by atoms with Crippen LogP contribution in [0.15, 0.2) is 0 Å². The number of ether oxygens (including phenoxy) is 3. The van der Waals surface area contributed by atoms with Crippen molar-refractivity contribution in [3.05, 3.63) is 0 Å². The Morgan fingerprint density at radius 1 is 0.613 bits per heavy atom. The summed E-state index contributed by atoms with van der Waals surface area (Å²) < 4.78 is 15.8. The van der Waals surface area contributed by atoms with E-state index in [-0.39, 0.29) is 13.1 Å². The fourth-order valence-corrected chi connectivity index (χ4v) is 2.13. The van der Waals surface area contributed by atoms with Crippen LogP contribution in [0.4, 0.5) is 14.4 Å². The van der Waals surface area contributed by atoms with Gasteiger partial charge < -0.3 is 35.1 Å². The number of nitrogens with one attached hydrogen (secondary N) is 3. The van der Waals surface area contributed by atoms with Crippen LogP contribution in [-0.4, -0.2) is 79.3 Å². The van der Waals surface area contributed by atoms with Crippen molar-refractivity contribution in [1.29, 1.82) is 0 Å². The Morgan fingerprint density at radius 3 is 1.48 bits per heavy atom. The molecule has 0 aromatic heterocycles. The molecule has 0 saturated carbocycles. The van der Waals surface area contributed by atoms with E-state index < -0.39 is 35.1 Å². The van der Waals surface area contributed by atoms with Gasteiger partial charge in [0.05, 0.1) is 0 Å². The van der Waals surface area contributed by atoms with Crippen molar-refractivity contribution < 1.29 is 28.6 Å². The van der Waals surface area contributed by atoms with Gasteiger partial charge in [-0.2, -0.15) is 0 Å². The topological polar surface area (TPSA) is 118 Å². The Hall–Kier alpha value is -2.23. The summed E-state index contributed by atoms with van der Waals surface area (Å²) in [6.45, 7) is 18.4. The Kier molecular flexibility index (Phi) is 11.7. The Balaban J connectivity index is 4.42. The molecule has 0 aliphatic carbocycles. The van der Waals surface area contributed by atoms with Crippen molar-refractivity contribution in [2.75, 3.05) is 39.3 Å². The second-order valence-electron chi connectivity index (χ2n) is 10.1. The molecule has 0 bridgehead atoms. The molecular weight excluding hydrogens is 404 g/mol. The summed E-state index contributed by atoms with van der Waals surface area (Å²) in [6, 6.07) is 0. The molecule has 0 radical (unpaired) electrons. The summed E-state index contributed by atoms with van der Waals surface area (Å²) in [5, 5.41) is 8.44. The predicted octanol–water partition coefficient (Wildman–Crippen LogP) is 2.86. The van der Waals surface area contributed by atoms with Gasteiger partial charge >= 0.3 is 18.3 Å². The van der Waals surface area contributed by atoms with Crippen LogP contribution in [0.25, 0.3) is 0 Å². The molecule has 0 atom stereocenters. The van der Waals surface area contributed by atoms with Gasteiger partial charge in [0.1, 0.15) is 16.8 Å². The maximum atomic E-state index is 12.5. The number of amides is 3. The van der Waals surface area contributed by atoms with Crippen LogP contribution in [0.5, 0.6) is 0 Å². The number of rotatable bonds is 9. The van der Waals surface area contributed by atoms with Gasteiger partial charge in [0, 0.05) is 39.3 Å². The van der Waals surface area contributed by atoms with Gasteiger partial charge in [-0.3, -0.25) is 0 Å². The summed E-state index contributed by atoms with van der Waals surface area (Å²) in [5.41, 5.74) is -1.76. The molecule has 0 saturated heterocycles. The molecule has 31 heavy (non-hydrogen) atoms. The van der Waals surface area contributed by atoms with Crippen molar-refractivity contribution >= 4 is 18.3 Å². The number of carbonyl (C=O) groups is 3. The third-order valence-electron chi connectivity index (χ3n) is 3.23. The molecular formula is C21H42N4O6. The first-order valence-corrected chi connectivity index (χ1v) is 10.6. The molecule has 0 aromatic rings. The van der Waals surface area contributed by atoms with Crippen molar-refractivity contribution in [1.82, 2.24) is 20.9 Å². The lowest BCUT2D eigenvalue weighted by Crippen LogP contribution is -2.45. The van der Waals surface area contributed by atoms with Gasteiger partial charge in [-0.25, -0.2) is 14.4 Å². The van der Waals surface area contributed by atoms with E-state index >= 15 is 0 Å². The second kappa shape index (κ2) is 12.6. The van der Waals surface area contributed by atoms with Gasteiger partial charge in [0.25, 0.3) is 0 Å². The van der Waals surface area contributed by atoms with Crippen LogP contribution < -0.4 is 16.0 Å². The maximum absolute atomic E-state index is 12.5. The largest absolute Gasteiger partial charge is 0.444 e. The molecule has 0 aliphatic heterocycles. The fraction of sp³-hybridized carbons (Fsp3) is 0.857. The lowest BCUT2D eigenvalue weighted by molar-refractivity contribution is 0.0242. The first-order chi connectivity index (χ1) is 14.0. The average Bonchev–Trinajstić information content (AvgIpc) is 2.51. The van der Waals surface area contributed by atoms with Crippen LogP contribution >= 0.6 is 0 Å². The van der Waals surface area contributed by atoms with Crippen LogP contribution in [-0.2, 0) is 14.2 Å². The van der Waals surface area contributed by atoms with Crippen LogP contribution in [0.1, 0.15) is 62.3 Å². The number of alkyl carbamates (subject to hydrolysis) is 2. The van der Waals surface area contributed by atoms with E-state index in [1.807, 2.05) is 0 Å². The van der Waals surface area contributed by atoms with E-state index in [1.54, 1.807) is 62.3 Å².